The molecule has 4 aromatic rings. The molecule has 0 saturated heterocycles. The third kappa shape index (κ3) is 4.09. The summed E-state index contributed by atoms with van der Waals surface area (Å²) in [5, 5.41) is 17.4. The lowest BCUT2D eigenvalue weighted by Gasteiger charge is -2.04. The molecule has 0 radical (unpaired) electrons. The second kappa shape index (κ2) is 8.19. The summed E-state index contributed by atoms with van der Waals surface area (Å²) in [6, 6.07) is 10.2. The average Bonchev–Trinajstić information content (AvgIpc) is 3.36. The van der Waals surface area contributed by atoms with E-state index in [1.165, 1.54) is 23.5 Å². The highest BCUT2D eigenvalue weighted by molar-refractivity contribution is 7.13. The number of carbonyl (C=O) groups excluding carboxylic acids is 1. The minimum Gasteiger partial charge on any atom is -0.352 e. The van der Waals surface area contributed by atoms with Gasteiger partial charge in [0.15, 0.2) is 5.52 Å². The fraction of sp³-hybridized carbons (Fsp3) is 0.111. The lowest BCUT2D eigenvalue weighted by molar-refractivity contribution is -0.383. The van der Waals surface area contributed by atoms with E-state index in [0.29, 0.717) is 23.5 Å². The van der Waals surface area contributed by atoms with Gasteiger partial charge in [0, 0.05) is 35.5 Å². The molecule has 0 aliphatic heterocycles. The molecule has 2 aromatic carbocycles. The molecule has 1 N–H and O–H groups in total. The summed E-state index contributed by atoms with van der Waals surface area (Å²) in [6.07, 6.45) is 0.523. The Balaban J connectivity index is 1.43. The Morgan fingerprint density at radius 3 is 2.86 bits per heavy atom. The second-order valence-corrected chi connectivity index (χ2v) is 7.81. The number of rotatable bonds is 6. The number of amides is 1. The van der Waals surface area contributed by atoms with Gasteiger partial charge in [0.2, 0.25) is 0 Å². The molecule has 1 amide bonds. The van der Waals surface area contributed by atoms with E-state index in [1.807, 2.05) is 29.6 Å². The molecule has 11 heteroatoms. The summed E-state index contributed by atoms with van der Waals surface area (Å²) in [4.78, 5) is 27.7. The summed E-state index contributed by atoms with van der Waals surface area (Å²) in [5.41, 5.74) is 2.16. The van der Waals surface area contributed by atoms with Crippen molar-refractivity contribution < 1.29 is 9.72 Å². The van der Waals surface area contributed by atoms with E-state index in [1.54, 1.807) is 0 Å². The summed E-state index contributed by atoms with van der Waals surface area (Å²) < 4.78 is 7.91. The number of halogens is 1. The molecule has 0 atom stereocenters. The SMILES string of the molecule is O=C(NCCc1csc(-c2ccccc2Cl)n1)c1cc([N+](=O)[O-])c2nsnc2c1. The van der Waals surface area contributed by atoms with Gasteiger partial charge in [-0.1, -0.05) is 29.8 Å². The first-order chi connectivity index (χ1) is 14.0. The number of hydrogen-bond donors (Lipinski definition) is 1. The average molecular weight is 446 g/mol. The normalized spacial score (nSPS) is 10.9. The van der Waals surface area contributed by atoms with Crippen molar-refractivity contribution in [2.24, 2.45) is 0 Å². The highest BCUT2D eigenvalue weighted by atomic mass is 35.5. The van der Waals surface area contributed by atoms with Crippen LogP contribution in [0.3, 0.4) is 0 Å². The molecule has 0 aliphatic carbocycles. The standard InChI is InChI=1S/C18H12ClN5O3S2/c19-13-4-2-1-3-12(13)18-21-11(9-28-18)5-6-20-17(25)10-7-14-16(23-29-22-14)15(8-10)24(26)27/h1-4,7-9H,5-6H2,(H,20,25). The zero-order valence-corrected chi connectivity index (χ0v) is 17.1. The van der Waals surface area contributed by atoms with Gasteiger partial charge >= 0.3 is 0 Å². The van der Waals surface area contributed by atoms with Gasteiger partial charge in [0.1, 0.15) is 10.5 Å². The lowest BCUT2D eigenvalue weighted by atomic mass is 10.1. The largest absolute Gasteiger partial charge is 0.352 e. The number of nitrogens with one attached hydrogen (secondary N) is 1. The van der Waals surface area contributed by atoms with Gasteiger partial charge in [-0.3, -0.25) is 14.9 Å². The number of carbonyl (C=O) groups is 1. The van der Waals surface area contributed by atoms with Gasteiger partial charge in [-0.25, -0.2) is 4.98 Å². The fourth-order valence-electron chi connectivity index (χ4n) is 2.73. The fourth-order valence-corrected chi connectivity index (χ4v) is 4.44. The molecule has 0 unspecified atom stereocenters. The van der Waals surface area contributed by atoms with E-state index in [9.17, 15) is 14.9 Å². The van der Waals surface area contributed by atoms with Crippen LogP contribution in [0.15, 0.2) is 41.8 Å². The van der Waals surface area contributed by atoms with Crippen LogP contribution in [0, 0.1) is 10.1 Å². The Labute approximate surface area is 177 Å². The quantitative estimate of drug-likeness (QED) is 0.349. The smallest absolute Gasteiger partial charge is 0.299 e. The maximum atomic E-state index is 12.4. The number of nitro groups is 1. The number of thiazole rings is 1. The molecule has 146 valence electrons. The molecule has 2 heterocycles. The lowest BCUT2D eigenvalue weighted by Crippen LogP contribution is -2.25. The minimum absolute atomic E-state index is 0.173. The zero-order chi connectivity index (χ0) is 20.4. The summed E-state index contributed by atoms with van der Waals surface area (Å²) >= 11 is 8.55. The van der Waals surface area contributed by atoms with Gasteiger partial charge in [-0.05, 0) is 12.1 Å². The van der Waals surface area contributed by atoms with E-state index in [4.69, 9.17) is 11.6 Å². The first kappa shape index (κ1) is 19.4. The molecule has 0 spiro atoms. The van der Waals surface area contributed by atoms with E-state index in [0.717, 1.165) is 28.0 Å². The number of benzene rings is 2. The molecule has 0 bridgehead atoms. The minimum atomic E-state index is -0.563. The molecule has 29 heavy (non-hydrogen) atoms. The Kier molecular flexibility index (Phi) is 5.47. The second-order valence-electron chi connectivity index (χ2n) is 6.01. The number of nitrogens with zero attached hydrogens (tertiary/aromatic N) is 4. The first-order valence-electron chi connectivity index (χ1n) is 8.41. The van der Waals surface area contributed by atoms with Crippen LogP contribution in [-0.2, 0) is 6.42 Å². The molecule has 2 aromatic heterocycles. The first-order valence-corrected chi connectivity index (χ1v) is 10.4. The predicted molar refractivity (Wildman–Crippen MR) is 113 cm³/mol. The summed E-state index contributed by atoms with van der Waals surface area (Å²) in [7, 11) is 0. The van der Waals surface area contributed by atoms with Crippen LogP contribution in [0.25, 0.3) is 21.6 Å². The van der Waals surface area contributed by atoms with Crippen molar-refractivity contribution in [2.45, 2.75) is 6.42 Å². The van der Waals surface area contributed by atoms with Crippen LogP contribution in [0.1, 0.15) is 16.1 Å². The third-order valence-electron chi connectivity index (χ3n) is 4.12. The zero-order valence-electron chi connectivity index (χ0n) is 14.7. The van der Waals surface area contributed by atoms with Crippen LogP contribution in [0.4, 0.5) is 5.69 Å². The van der Waals surface area contributed by atoms with Crippen LogP contribution < -0.4 is 5.32 Å². The number of hydrogen-bond acceptors (Lipinski definition) is 8. The monoisotopic (exact) mass is 445 g/mol. The van der Waals surface area contributed by atoms with Crippen molar-refractivity contribution in [1.82, 2.24) is 19.0 Å². The van der Waals surface area contributed by atoms with Crippen molar-refractivity contribution >= 4 is 57.3 Å². The number of nitro benzene ring substituents is 1. The third-order valence-corrected chi connectivity index (χ3v) is 5.92. The molecule has 0 fully saturated rings. The van der Waals surface area contributed by atoms with Crippen molar-refractivity contribution in [2.75, 3.05) is 6.54 Å². The van der Waals surface area contributed by atoms with Gasteiger partial charge in [0.25, 0.3) is 11.6 Å². The van der Waals surface area contributed by atoms with Crippen molar-refractivity contribution in [1.29, 1.82) is 0 Å². The number of non-ortho nitro benzene ring substituents is 1. The highest BCUT2D eigenvalue weighted by Gasteiger charge is 2.20. The highest BCUT2D eigenvalue weighted by Crippen LogP contribution is 2.30. The van der Waals surface area contributed by atoms with Gasteiger partial charge in [0.05, 0.1) is 27.4 Å². The molecular formula is C18H12ClN5O3S2. The van der Waals surface area contributed by atoms with Crippen LogP contribution in [-0.4, -0.2) is 31.1 Å². The number of fused-ring (bicyclic) bond motifs is 1. The molecular weight excluding hydrogens is 434 g/mol. The van der Waals surface area contributed by atoms with E-state index in [-0.39, 0.29) is 16.8 Å². The summed E-state index contributed by atoms with van der Waals surface area (Å²) in [6.45, 7) is 0.339. The molecule has 0 aliphatic rings. The topological polar surface area (TPSA) is 111 Å². The van der Waals surface area contributed by atoms with Crippen LogP contribution >= 0.6 is 34.7 Å². The Hall–Kier alpha value is -2.95. The Morgan fingerprint density at radius 1 is 1.24 bits per heavy atom. The Bertz CT molecular complexity index is 1220. The van der Waals surface area contributed by atoms with E-state index >= 15 is 0 Å². The number of aromatic nitrogens is 3. The van der Waals surface area contributed by atoms with Crippen LogP contribution in [0.5, 0.6) is 0 Å². The maximum absolute atomic E-state index is 12.4. The molecule has 8 nitrogen and oxygen atoms in total. The summed E-state index contributed by atoms with van der Waals surface area (Å²) in [5.74, 6) is -0.412. The molecule has 0 saturated carbocycles. The van der Waals surface area contributed by atoms with Crippen molar-refractivity contribution in [3.8, 4) is 10.6 Å². The van der Waals surface area contributed by atoms with E-state index < -0.39 is 10.8 Å². The van der Waals surface area contributed by atoms with E-state index in [2.05, 4.69) is 19.0 Å². The Morgan fingerprint density at radius 2 is 2.07 bits per heavy atom. The van der Waals surface area contributed by atoms with Gasteiger partial charge in [-0.15, -0.1) is 11.3 Å². The molecule has 4 rings (SSSR count). The van der Waals surface area contributed by atoms with Crippen LogP contribution in [0.2, 0.25) is 5.02 Å². The predicted octanol–water partition coefficient (Wildman–Crippen LogP) is 4.35. The van der Waals surface area contributed by atoms with Crippen molar-refractivity contribution in [3.05, 3.63) is 68.2 Å². The van der Waals surface area contributed by atoms with Gasteiger partial charge in [-0.2, -0.15) is 8.75 Å². The maximum Gasteiger partial charge on any atom is 0.299 e. The van der Waals surface area contributed by atoms with Gasteiger partial charge < -0.3 is 5.32 Å². The van der Waals surface area contributed by atoms with Crippen molar-refractivity contribution in [3.63, 3.8) is 0 Å².